The van der Waals surface area contributed by atoms with E-state index in [1.165, 1.54) is 48.0 Å². The first-order chi connectivity index (χ1) is 21.8. The number of aromatic nitrogens is 2. The van der Waals surface area contributed by atoms with Crippen molar-refractivity contribution in [2.75, 3.05) is 12.0 Å². The molecule has 0 bridgehead atoms. The van der Waals surface area contributed by atoms with Gasteiger partial charge in [-0.15, -0.1) is 10.2 Å². The number of halogens is 2. The van der Waals surface area contributed by atoms with Crippen molar-refractivity contribution in [3.05, 3.63) is 131 Å². The van der Waals surface area contributed by atoms with Gasteiger partial charge in [0.05, 0.1) is 18.7 Å². The highest BCUT2D eigenvalue weighted by Crippen LogP contribution is 2.45. The van der Waals surface area contributed by atoms with Gasteiger partial charge in [0.15, 0.2) is 15.9 Å². The van der Waals surface area contributed by atoms with E-state index in [-0.39, 0.29) is 27.8 Å². The van der Waals surface area contributed by atoms with E-state index in [2.05, 4.69) is 10.2 Å². The van der Waals surface area contributed by atoms with E-state index in [4.69, 9.17) is 9.47 Å². The zero-order valence-electron chi connectivity index (χ0n) is 23.5. The van der Waals surface area contributed by atoms with Crippen LogP contribution >= 0.6 is 23.1 Å². The Kier molecular flexibility index (Phi) is 8.58. The molecule has 0 radical (unpaired) electrons. The van der Waals surface area contributed by atoms with Crippen LogP contribution in [0.2, 0.25) is 0 Å². The number of rotatable bonds is 9. The fourth-order valence-electron chi connectivity index (χ4n) is 4.77. The number of carbonyl (C=O) groups excluding carboxylic acids is 2. The van der Waals surface area contributed by atoms with Gasteiger partial charge in [-0.05, 0) is 65.7 Å². The van der Waals surface area contributed by atoms with Crippen LogP contribution < -0.4 is 14.4 Å². The minimum atomic E-state index is -1.14. The van der Waals surface area contributed by atoms with Gasteiger partial charge in [0.2, 0.25) is 5.13 Å². The molecule has 1 N–H and O–H groups in total. The van der Waals surface area contributed by atoms with Gasteiger partial charge < -0.3 is 14.6 Å². The molecule has 4 aromatic carbocycles. The van der Waals surface area contributed by atoms with Crippen LogP contribution in [0, 0.1) is 11.6 Å². The molecule has 1 saturated heterocycles. The Hall–Kier alpha value is -5.07. The Bertz CT molecular complexity index is 1920. The molecule has 2 heterocycles. The number of para-hydroxylation sites is 1. The molecule has 0 spiro atoms. The topological polar surface area (TPSA) is 102 Å². The van der Waals surface area contributed by atoms with Gasteiger partial charge in [-0.1, -0.05) is 65.6 Å². The molecule has 6 rings (SSSR count). The number of ketones is 1. The Balaban J connectivity index is 1.40. The van der Waals surface area contributed by atoms with Crippen molar-refractivity contribution < 1.29 is 33.0 Å². The number of anilines is 1. The number of carbonyl (C=O) groups is 2. The third kappa shape index (κ3) is 6.28. The van der Waals surface area contributed by atoms with Crippen molar-refractivity contribution in [1.82, 2.24) is 10.2 Å². The van der Waals surface area contributed by atoms with E-state index in [0.29, 0.717) is 27.2 Å². The highest BCUT2D eigenvalue weighted by atomic mass is 32.2. The predicted molar refractivity (Wildman–Crippen MR) is 167 cm³/mol. The molecule has 1 aliphatic rings. The van der Waals surface area contributed by atoms with E-state index in [1.54, 1.807) is 48.5 Å². The maximum Gasteiger partial charge on any atom is 0.301 e. The smallest absolute Gasteiger partial charge is 0.301 e. The van der Waals surface area contributed by atoms with Crippen LogP contribution in [0.4, 0.5) is 13.9 Å². The summed E-state index contributed by atoms with van der Waals surface area (Å²) in [5, 5.41) is 19.9. The second-order valence-corrected chi connectivity index (χ2v) is 12.0. The van der Waals surface area contributed by atoms with E-state index < -0.39 is 29.3 Å². The molecule has 1 unspecified atom stereocenters. The SMILES string of the molecule is COc1ccc(C(O)=C2C(=O)C(=O)N(c3nnc(SCc4ccc(F)cc4)s3)C2c2cccc(Oc3ccccc3)c2)cc1F. The number of Topliss-reactive ketones (excluding diaryl/α,β-unsaturated/α-hetero) is 1. The first kappa shape index (κ1) is 30.0. The van der Waals surface area contributed by atoms with Gasteiger partial charge in [0.25, 0.3) is 5.78 Å². The minimum Gasteiger partial charge on any atom is -0.507 e. The van der Waals surface area contributed by atoms with Crippen LogP contribution in [0.25, 0.3) is 5.76 Å². The molecule has 1 fully saturated rings. The molecule has 226 valence electrons. The lowest BCUT2D eigenvalue weighted by Gasteiger charge is -2.23. The van der Waals surface area contributed by atoms with Crippen LogP contribution in [0.3, 0.4) is 0 Å². The molecule has 1 aromatic heterocycles. The fraction of sp³-hybridized carbons (Fsp3) is 0.0909. The number of thioether (sulfide) groups is 1. The lowest BCUT2D eigenvalue weighted by molar-refractivity contribution is -0.132. The molecule has 0 aliphatic carbocycles. The second-order valence-electron chi connectivity index (χ2n) is 9.77. The van der Waals surface area contributed by atoms with Crippen molar-refractivity contribution in [1.29, 1.82) is 0 Å². The molecular weight excluding hydrogens is 621 g/mol. The fourth-order valence-corrected chi connectivity index (χ4v) is 6.59. The molecule has 1 aliphatic heterocycles. The Morgan fingerprint density at radius 3 is 2.42 bits per heavy atom. The maximum atomic E-state index is 14.6. The van der Waals surface area contributed by atoms with Gasteiger partial charge in [0, 0.05) is 11.3 Å². The van der Waals surface area contributed by atoms with Crippen molar-refractivity contribution in [2.24, 2.45) is 0 Å². The Morgan fingerprint density at radius 2 is 1.69 bits per heavy atom. The van der Waals surface area contributed by atoms with Crippen molar-refractivity contribution in [2.45, 2.75) is 16.1 Å². The maximum absolute atomic E-state index is 14.6. The summed E-state index contributed by atoms with van der Waals surface area (Å²) < 4.78 is 39.4. The molecule has 0 saturated carbocycles. The minimum absolute atomic E-state index is 0.0132. The van der Waals surface area contributed by atoms with Crippen LogP contribution in [0.15, 0.2) is 107 Å². The van der Waals surface area contributed by atoms with E-state index in [0.717, 1.165) is 23.0 Å². The summed E-state index contributed by atoms with van der Waals surface area (Å²) in [6.07, 6.45) is 0. The van der Waals surface area contributed by atoms with Crippen LogP contribution in [-0.4, -0.2) is 34.1 Å². The summed E-state index contributed by atoms with van der Waals surface area (Å²) in [5.41, 5.74) is 1.03. The second kappa shape index (κ2) is 12.9. The zero-order chi connectivity index (χ0) is 31.5. The number of nitrogens with zero attached hydrogens (tertiary/aromatic N) is 3. The quantitative estimate of drug-likeness (QED) is 0.0578. The zero-order valence-corrected chi connectivity index (χ0v) is 25.1. The van der Waals surface area contributed by atoms with E-state index >= 15 is 0 Å². The average molecular weight is 644 g/mol. The summed E-state index contributed by atoms with van der Waals surface area (Å²) in [7, 11) is 1.31. The van der Waals surface area contributed by atoms with Crippen LogP contribution in [-0.2, 0) is 15.3 Å². The predicted octanol–water partition coefficient (Wildman–Crippen LogP) is 7.54. The Morgan fingerprint density at radius 1 is 0.933 bits per heavy atom. The number of hydrogen-bond acceptors (Lipinski definition) is 9. The highest BCUT2D eigenvalue weighted by molar-refractivity contribution is 8.00. The lowest BCUT2D eigenvalue weighted by Crippen LogP contribution is -2.29. The first-order valence-electron chi connectivity index (χ1n) is 13.5. The molecule has 1 atom stereocenters. The highest BCUT2D eigenvalue weighted by Gasteiger charge is 2.48. The van der Waals surface area contributed by atoms with Crippen LogP contribution in [0.5, 0.6) is 17.2 Å². The van der Waals surface area contributed by atoms with Gasteiger partial charge >= 0.3 is 5.91 Å². The third-order valence-electron chi connectivity index (χ3n) is 6.90. The lowest BCUT2D eigenvalue weighted by atomic mass is 9.95. The normalized spacial score (nSPS) is 15.8. The number of aliphatic hydroxyl groups is 1. The standard InChI is InChI=1S/C33H23F2N3O5S2/c1-42-26-15-12-21(17-25(26)35)29(39)27-28(20-6-5-9-24(16-20)43-23-7-3-2-4-8-23)38(31(41)30(27)40)32-36-37-33(45-32)44-18-19-10-13-22(34)14-11-19/h2-17,28,39H,18H2,1H3. The molecule has 12 heteroatoms. The molecule has 45 heavy (non-hydrogen) atoms. The summed E-state index contributed by atoms with van der Waals surface area (Å²) in [6, 6.07) is 24.5. The first-order valence-corrected chi connectivity index (χ1v) is 15.3. The number of benzene rings is 4. The summed E-state index contributed by atoms with van der Waals surface area (Å²) in [6.45, 7) is 0. The van der Waals surface area contributed by atoms with Gasteiger partial charge in [0.1, 0.15) is 23.1 Å². The molecule has 1 amide bonds. The number of hydrogen-bond donors (Lipinski definition) is 1. The van der Waals surface area contributed by atoms with Crippen molar-refractivity contribution in [3.63, 3.8) is 0 Å². The molecule has 5 aromatic rings. The van der Waals surface area contributed by atoms with E-state index in [1.807, 2.05) is 18.2 Å². The van der Waals surface area contributed by atoms with Crippen LogP contribution in [0.1, 0.15) is 22.7 Å². The van der Waals surface area contributed by atoms with Crippen molar-refractivity contribution >= 4 is 45.7 Å². The molecular formula is C33H23F2N3O5S2. The summed E-state index contributed by atoms with van der Waals surface area (Å²) in [5.74, 6) is -2.14. The van der Waals surface area contributed by atoms with Gasteiger partial charge in [-0.2, -0.15) is 0 Å². The third-order valence-corrected chi connectivity index (χ3v) is 9.03. The van der Waals surface area contributed by atoms with E-state index in [9.17, 15) is 23.5 Å². The molecule has 8 nitrogen and oxygen atoms in total. The average Bonchev–Trinajstić information content (AvgIpc) is 3.62. The number of ether oxygens (including phenoxy) is 2. The monoisotopic (exact) mass is 643 g/mol. The Labute approximate surface area is 264 Å². The summed E-state index contributed by atoms with van der Waals surface area (Å²) >= 11 is 2.42. The van der Waals surface area contributed by atoms with Crippen molar-refractivity contribution in [3.8, 4) is 17.2 Å². The number of methoxy groups -OCH3 is 1. The largest absolute Gasteiger partial charge is 0.507 e. The number of aliphatic hydroxyl groups excluding tert-OH is 1. The summed E-state index contributed by atoms with van der Waals surface area (Å²) in [4.78, 5) is 28.4. The number of amides is 1. The van der Waals surface area contributed by atoms with Gasteiger partial charge in [-0.25, -0.2) is 8.78 Å². The van der Waals surface area contributed by atoms with Gasteiger partial charge in [-0.3, -0.25) is 14.5 Å².